The molecular weight excluding hydrogens is 308 g/mol. The molecule has 0 aromatic carbocycles. The summed E-state index contributed by atoms with van der Waals surface area (Å²) in [6.45, 7) is 2.58. The van der Waals surface area contributed by atoms with Gasteiger partial charge in [0, 0.05) is 32.2 Å². The lowest BCUT2D eigenvalue weighted by molar-refractivity contribution is -0.127. The van der Waals surface area contributed by atoms with E-state index in [4.69, 9.17) is 4.74 Å². The van der Waals surface area contributed by atoms with Crippen LogP contribution in [0.25, 0.3) is 0 Å². The van der Waals surface area contributed by atoms with E-state index in [0.717, 1.165) is 19.4 Å². The molecule has 0 aromatic heterocycles. The number of likely N-dealkylation sites (N-methyl/N-ethyl adjacent to an activating group) is 1. The fourth-order valence-corrected chi connectivity index (χ4v) is 3.97. The molecule has 24 heavy (non-hydrogen) atoms. The Kier molecular flexibility index (Phi) is 5.61. The maximum Gasteiger partial charge on any atom is 0.317 e. The number of urea groups is 1. The minimum atomic E-state index is -0.169. The summed E-state index contributed by atoms with van der Waals surface area (Å²) in [6, 6.07) is 0.331. The third-order valence-corrected chi connectivity index (χ3v) is 5.32. The van der Waals surface area contributed by atoms with Crippen LogP contribution < -0.4 is 10.6 Å². The number of carbonyl (C=O) groups is 2. The minimum absolute atomic E-state index is 0.00821. The predicted molar refractivity (Wildman–Crippen MR) is 90.7 cm³/mol. The Balaban J connectivity index is 1.48. The number of morpholine rings is 1. The second-order valence-electron chi connectivity index (χ2n) is 7.57. The van der Waals surface area contributed by atoms with Crippen molar-refractivity contribution >= 4 is 11.9 Å². The Morgan fingerprint density at radius 2 is 1.96 bits per heavy atom. The second kappa shape index (κ2) is 7.70. The lowest BCUT2D eigenvalue weighted by Gasteiger charge is -2.33. The number of amides is 3. The molecule has 3 aliphatic rings. The molecule has 2 bridgehead atoms. The van der Waals surface area contributed by atoms with E-state index in [0.29, 0.717) is 32.1 Å². The van der Waals surface area contributed by atoms with E-state index in [1.807, 2.05) is 23.9 Å². The number of carbonyl (C=O) groups excluding carboxylic acids is 2. The molecule has 0 spiro atoms. The number of hydrogen-bond acceptors (Lipinski definition) is 4. The van der Waals surface area contributed by atoms with Crippen LogP contribution >= 0.6 is 0 Å². The van der Waals surface area contributed by atoms with Crippen molar-refractivity contribution in [1.29, 1.82) is 0 Å². The number of ether oxygens (including phenoxy) is 1. The monoisotopic (exact) mass is 338 g/mol. The van der Waals surface area contributed by atoms with Crippen LogP contribution in [-0.4, -0.2) is 80.3 Å². The molecular formula is C17H30N4O3. The molecule has 2 N–H and O–H groups in total. The third-order valence-electron chi connectivity index (χ3n) is 5.32. The molecule has 1 aliphatic carbocycles. The normalized spacial score (nSPS) is 30.0. The van der Waals surface area contributed by atoms with Crippen molar-refractivity contribution in [3.05, 3.63) is 0 Å². The van der Waals surface area contributed by atoms with Gasteiger partial charge >= 0.3 is 6.03 Å². The highest BCUT2D eigenvalue weighted by molar-refractivity contribution is 5.80. The molecule has 136 valence electrons. The zero-order valence-electron chi connectivity index (χ0n) is 14.8. The number of likely N-dealkylation sites (tertiary alicyclic amines) is 1. The number of hydrogen-bond donors (Lipinski definition) is 2. The van der Waals surface area contributed by atoms with Crippen molar-refractivity contribution in [2.75, 3.05) is 40.3 Å². The van der Waals surface area contributed by atoms with E-state index in [2.05, 4.69) is 10.6 Å². The molecule has 3 fully saturated rings. The van der Waals surface area contributed by atoms with Crippen LogP contribution in [0.15, 0.2) is 0 Å². The summed E-state index contributed by atoms with van der Waals surface area (Å²) >= 11 is 0. The Bertz CT molecular complexity index is 465. The highest BCUT2D eigenvalue weighted by Crippen LogP contribution is 2.32. The van der Waals surface area contributed by atoms with Crippen LogP contribution in [0.5, 0.6) is 0 Å². The number of nitrogens with zero attached hydrogens (tertiary/aromatic N) is 2. The van der Waals surface area contributed by atoms with Gasteiger partial charge in [-0.1, -0.05) is 12.8 Å². The Hall–Kier alpha value is -1.34. The molecule has 7 nitrogen and oxygen atoms in total. The van der Waals surface area contributed by atoms with Crippen LogP contribution in [0.1, 0.15) is 32.1 Å². The van der Waals surface area contributed by atoms with E-state index in [9.17, 15) is 9.59 Å². The van der Waals surface area contributed by atoms with Crippen molar-refractivity contribution in [2.24, 2.45) is 5.92 Å². The van der Waals surface area contributed by atoms with Crippen molar-refractivity contribution in [1.82, 2.24) is 20.4 Å². The van der Waals surface area contributed by atoms with Crippen LogP contribution in [0.4, 0.5) is 4.79 Å². The number of fused-ring (bicyclic) bond motifs is 2. The van der Waals surface area contributed by atoms with E-state index in [1.54, 1.807) is 0 Å². The maximum atomic E-state index is 12.4. The van der Waals surface area contributed by atoms with Crippen molar-refractivity contribution < 1.29 is 14.3 Å². The van der Waals surface area contributed by atoms with Gasteiger partial charge in [-0.15, -0.1) is 0 Å². The van der Waals surface area contributed by atoms with Gasteiger partial charge in [-0.2, -0.15) is 0 Å². The first-order valence-corrected chi connectivity index (χ1v) is 9.16. The Morgan fingerprint density at radius 1 is 1.21 bits per heavy atom. The molecule has 7 heteroatoms. The number of rotatable bonds is 5. The first kappa shape index (κ1) is 17.5. The van der Waals surface area contributed by atoms with Gasteiger partial charge in [0.15, 0.2) is 0 Å². The summed E-state index contributed by atoms with van der Waals surface area (Å²) in [5.74, 6) is -0.0798. The quantitative estimate of drug-likeness (QED) is 0.761. The summed E-state index contributed by atoms with van der Waals surface area (Å²) in [4.78, 5) is 28.7. The number of nitrogens with one attached hydrogen (secondary N) is 2. The maximum absolute atomic E-state index is 12.4. The molecule has 2 aliphatic heterocycles. The minimum Gasteiger partial charge on any atom is -0.370 e. The van der Waals surface area contributed by atoms with Crippen LogP contribution in [0.3, 0.4) is 0 Å². The summed E-state index contributed by atoms with van der Waals surface area (Å²) in [7, 11) is 3.97. The van der Waals surface area contributed by atoms with Gasteiger partial charge in [0.1, 0.15) is 0 Å². The summed E-state index contributed by atoms with van der Waals surface area (Å²) < 4.78 is 5.92. The fraction of sp³-hybridized carbons (Fsp3) is 0.882. The molecule has 3 amide bonds. The average Bonchev–Trinajstić information content (AvgIpc) is 3.14. The SMILES string of the molecule is CN(C)CCNC(=O)[C@@H]1C[C@H]2CN(C(=O)NC3CCCC3)C[C@@H]1O2. The molecule has 3 rings (SSSR count). The molecule has 0 radical (unpaired) electrons. The van der Waals surface area contributed by atoms with Crippen molar-refractivity contribution in [3.8, 4) is 0 Å². The van der Waals surface area contributed by atoms with Gasteiger partial charge in [0.05, 0.1) is 18.1 Å². The molecule has 2 heterocycles. The average molecular weight is 338 g/mol. The first-order valence-electron chi connectivity index (χ1n) is 9.16. The highest BCUT2D eigenvalue weighted by Gasteiger charge is 2.45. The molecule has 2 saturated heterocycles. The molecule has 3 atom stereocenters. The largest absolute Gasteiger partial charge is 0.370 e. The van der Waals surface area contributed by atoms with Crippen molar-refractivity contribution in [2.45, 2.75) is 50.4 Å². The Labute approximate surface area is 144 Å². The fourth-order valence-electron chi connectivity index (χ4n) is 3.97. The highest BCUT2D eigenvalue weighted by atomic mass is 16.5. The molecule has 1 saturated carbocycles. The standard InChI is InChI=1S/C17H30N4O3/c1-20(2)8-7-18-16(22)14-9-13-10-21(11-15(14)24-13)17(23)19-12-5-3-4-6-12/h12-15H,3-11H2,1-2H3,(H,18,22)(H,19,23)/t13-,14+,15-/m0/s1. The smallest absolute Gasteiger partial charge is 0.317 e. The molecule has 0 aromatic rings. The van der Waals surface area contributed by atoms with Gasteiger partial charge in [-0.05, 0) is 33.4 Å². The predicted octanol–water partition coefficient (Wildman–Crippen LogP) is 0.406. The zero-order valence-corrected chi connectivity index (χ0v) is 14.8. The van der Waals surface area contributed by atoms with Gasteiger partial charge in [-0.3, -0.25) is 4.79 Å². The van der Waals surface area contributed by atoms with E-state index in [-0.39, 0.29) is 30.1 Å². The summed E-state index contributed by atoms with van der Waals surface area (Å²) in [5.41, 5.74) is 0. The Morgan fingerprint density at radius 3 is 2.67 bits per heavy atom. The van der Waals surface area contributed by atoms with Crippen LogP contribution in [0, 0.1) is 5.92 Å². The van der Waals surface area contributed by atoms with Crippen molar-refractivity contribution in [3.63, 3.8) is 0 Å². The van der Waals surface area contributed by atoms with Gasteiger partial charge in [0.25, 0.3) is 0 Å². The third kappa shape index (κ3) is 4.19. The van der Waals surface area contributed by atoms with E-state index in [1.165, 1.54) is 12.8 Å². The first-order chi connectivity index (χ1) is 11.5. The summed E-state index contributed by atoms with van der Waals surface area (Å²) in [5, 5.41) is 6.13. The lowest BCUT2D eigenvalue weighted by atomic mass is 9.99. The topological polar surface area (TPSA) is 73.9 Å². The second-order valence-corrected chi connectivity index (χ2v) is 7.57. The lowest BCUT2D eigenvalue weighted by Crippen LogP contribution is -2.52. The van der Waals surface area contributed by atoms with E-state index < -0.39 is 0 Å². The van der Waals surface area contributed by atoms with E-state index >= 15 is 0 Å². The van der Waals surface area contributed by atoms with Gasteiger partial charge in [0.2, 0.25) is 5.91 Å². The van der Waals surface area contributed by atoms with Gasteiger partial charge in [-0.25, -0.2) is 4.79 Å². The molecule has 0 unspecified atom stereocenters. The van der Waals surface area contributed by atoms with Gasteiger partial charge < -0.3 is 25.2 Å². The zero-order chi connectivity index (χ0) is 17.1. The van der Waals surface area contributed by atoms with Crippen LogP contribution in [0.2, 0.25) is 0 Å². The van der Waals surface area contributed by atoms with Crippen LogP contribution in [-0.2, 0) is 9.53 Å². The summed E-state index contributed by atoms with van der Waals surface area (Å²) in [6.07, 6.45) is 5.11.